The molecule has 4 heteroatoms. The number of hydrogen-bond acceptors (Lipinski definition) is 2. The molecule has 2 aromatic rings. The fourth-order valence-electron chi connectivity index (χ4n) is 1.45. The first-order valence-electron chi connectivity index (χ1n) is 3.95. The molecule has 13 heavy (non-hydrogen) atoms. The minimum absolute atomic E-state index is 0.00954. The summed E-state index contributed by atoms with van der Waals surface area (Å²) in [5, 5.41) is 14.4. The molecule has 2 rings (SSSR count). The number of nitrogens with zero attached hydrogens (tertiary/aromatic N) is 2. The fraction of sp³-hybridized carbons (Fsp3) is 0.222. The van der Waals surface area contributed by atoms with Crippen molar-refractivity contribution in [3.8, 4) is 0 Å². The van der Waals surface area contributed by atoms with Crippen LogP contribution < -0.4 is 0 Å². The van der Waals surface area contributed by atoms with E-state index in [4.69, 9.17) is 5.11 Å². The third-order valence-electron chi connectivity index (χ3n) is 2.08. The Morgan fingerprint density at radius 2 is 2.31 bits per heavy atom. The number of aryl methyl sites for hydroxylation is 1. The molecule has 0 saturated carbocycles. The van der Waals surface area contributed by atoms with E-state index in [1.807, 2.05) is 25.2 Å². The summed E-state index contributed by atoms with van der Waals surface area (Å²) in [7, 11) is 1.83. The topological polar surface area (TPSA) is 38.0 Å². The van der Waals surface area contributed by atoms with Crippen LogP contribution in [0.1, 0.15) is 5.69 Å². The minimum atomic E-state index is 0.00954. The second kappa shape index (κ2) is 3.12. The standard InChI is InChI=1S/C9H9BrN2O/c1-12-8(5-13)9-6(10)3-2-4-7(9)11-12/h2-4,13H,5H2,1H3. The van der Waals surface area contributed by atoms with Crippen LogP contribution >= 0.6 is 15.9 Å². The molecule has 3 nitrogen and oxygen atoms in total. The van der Waals surface area contributed by atoms with Crippen LogP contribution in [-0.4, -0.2) is 14.9 Å². The van der Waals surface area contributed by atoms with Gasteiger partial charge in [-0.3, -0.25) is 4.68 Å². The van der Waals surface area contributed by atoms with Crippen molar-refractivity contribution in [2.24, 2.45) is 7.05 Å². The Kier molecular flexibility index (Phi) is 2.09. The van der Waals surface area contributed by atoms with Crippen molar-refractivity contribution in [2.75, 3.05) is 0 Å². The first-order chi connectivity index (χ1) is 6.24. The maximum Gasteiger partial charge on any atom is 0.0938 e. The summed E-state index contributed by atoms with van der Waals surface area (Å²) in [4.78, 5) is 0. The molecular weight excluding hydrogens is 232 g/mol. The lowest BCUT2D eigenvalue weighted by molar-refractivity contribution is 0.272. The zero-order valence-corrected chi connectivity index (χ0v) is 8.74. The number of halogens is 1. The normalized spacial score (nSPS) is 11.0. The third kappa shape index (κ3) is 1.26. The summed E-state index contributed by atoms with van der Waals surface area (Å²) in [5.74, 6) is 0. The quantitative estimate of drug-likeness (QED) is 0.827. The second-order valence-electron chi connectivity index (χ2n) is 2.86. The molecule has 0 saturated heterocycles. The molecule has 0 atom stereocenters. The predicted octanol–water partition coefficient (Wildman–Crippen LogP) is 1.83. The highest BCUT2D eigenvalue weighted by molar-refractivity contribution is 9.10. The van der Waals surface area contributed by atoms with E-state index in [9.17, 15) is 0 Å². The van der Waals surface area contributed by atoms with Gasteiger partial charge < -0.3 is 5.11 Å². The SMILES string of the molecule is Cn1nc2cccc(Br)c2c1CO. The van der Waals surface area contributed by atoms with Crippen LogP contribution in [0.3, 0.4) is 0 Å². The van der Waals surface area contributed by atoms with E-state index in [-0.39, 0.29) is 6.61 Å². The summed E-state index contributed by atoms with van der Waals surface area (Å²) in [6.07, 6.45) is 0. The van der Waals surface area contributed by atoms with Gasteiger partial charge in [0.25, 0.3) is 0 Å². The van der Waals surface area contributed by atoms with Crippen LogP contribution in [0.25, 0.3) is 10.9 Å². The van der Waals surface area contributed by atoms with Crippen LogP contribution in [0.2, 0.25) is 0 Å². The van der Waals surface area contributed by atoms with Gasteiger partial charge in [-0.2, -0.15) is 5.10 Å². The van der Waals surface area contributed by atoms with E-state index in [2.05, 4.69) is 21.0 Å². The highest BCUT2D eigenvalue weighted by Crippen LogP contribution is 2.26. The molecule has 0 fully saturated rings. The first-order valence-corrected chi connectivity index (χ1v) is 4.74. The van der Waals surface area contributed by atoms with Gasteiger partial charge in [0.1, 0.15) is 0 Å². The number of aromatic nitrogens is 2. The average Bonchev–Trinajstić information content (AvgIpc) is 2.42. The van der Waals surface area contributed by atoms with Gasteiger partial charge >= 0.3 is 0 Å². The molecular formula is C9H9BrN2O. The maximum atomic E-state index is 9.15. The smallest absolute Gasteiger partial charge is 0.0938 e. The van der Waals surface area contributed by atoms with Crippen LogP contribution in [0, 0.1) is 0 Å². The van der Waals surface area contributed by atoms with E-state index >= 15 is 0 Å². The Hall–Kier alpha value is -0.870. The van der Waals surface area contributed by atoms with Gasteiger partial charge in [-0.1, -0.05) is 22.0 Å². The van der Waals surface area contributed by atoms with Gasteiger partial charge in [0.15, 0.2) is 0 Å². The molecule has 1 aromatic heterocycles. The molecule has 68 valence electrons. The highest BCUT2D eigenvalue weighted by atomic mass is 79.9. The van der Waals surface area contributed by atoms with Crippen molar-refractivity contribution < 1.29 is 5.11 Å². The highest BCUT2D eigenvalue weighted by Gasteiger charge is 2.09. The van der Waals surface area contributed by atoms with Crippen molar-refractivity contribution in [2.45, 2.75) is 6.61 Å². The van der Waals surface area contributed by atoms with Crippen LogP contribution in [0.15, 0.2) is 22.7 Å². The maximum absolute atomic E-state index is 9.15. The number of hydrogen-bond donors (Lipinski definition) is 1. The summed E-state index contributed by atoms with van der Waals surface area (Å²) in [6, 6.07) is 5.81. The molecule has 1 N–H and O–H groups in total. The van der Waals surface area contributed by atoms with Crippen molar-refractivity contribution in [3.63, 3.8) is 0 Å². The van der Waals surface area contributed by atoms with Crippen LogP contribution in [-0.2, 0) is 13.7 Å². The molecule has 0 unspecified atom stereocenters. The van der Waals surface area contributed by atoms with E-state index < -0.39 is 0 Å². The number of aliphatic hydroxyl groups is 1. The Balaban J connectivity index is 2.88. The first kappa shape index (κ1) is 8.72. The molecule has 1 aromatic carbocycles. The Bertz CT molecular complexity index is 450. The third-order valence-corrected chi connectivity index (χ3v) is 2.74. The van der Waals surface area contributed by atoms with Gasteiger partial charge in [0.2, 0.25) is 0 Å². The summed E-state index contributed by atoms with van der Waals surface area (Å²) < 4.78 is 2.68. The fourth-order valence-corrected chi connectivity index (χ4v) is 2.03. The largest absolute Gasteiger partial charge is 0.390 e. The van der Waals surface area contributed by atoms with Crippen molar-refractivity contribution >= 4 is 26.8 Å². The van der Waals surface area contributed by atoms with E-state index in [1.165, 1.54) is 0 Å². The van der Waals surface area contributed by atoms with Gasteiger partial charge in [-0.15, -0.1) is 0 Å². The average molecular weight is 241 g/mol. The molecule has 1 heterocycles. The molecule has 0 aliphatic heterocycles. The number of rotatable bonds is 1. The number of benzene rings is 1. The monoisotopic (exact) mass is 240 g/mol. The summed E-state index contributed by atoms with van der Waals surface area (Å²) in [6.45, 7) is 0.00954. The van der Waals surface area contributed by atoms with Crippen molar-refractivity contribution in [1.29, 1.82) is 0 Å². The lowest BCUT2D eigenvalue weighted by Gasteiger charge is -1.97. The summed E-state index contributed by atoms with van der Waals surface area (Å²) in [5.41, 5.74) is 1.74. The van der Waals surface area contributed by atoms with Gasteiger partial charge in [-0.25, -0.2) is 0 Å². The zero-order chi connectivity index (χ0) is 9.42. The zero-order valence-electron chi connectivity index (χ0n) is 7.16. The van der Waals surface area contributed by atoms with Gasteiger partial charge in [0, 0.05) is 16.9 Å². The minimum Gasteiger partial charge on any atom is -0.390 e. The van der Waals surface area contributed by atoms with E-state index in [0.717, 1.165) is 21.1 Å². The molecule has 0 spiro atoms. The predicted molar refractivity (Wildman–Crippen MR) is 54.3 cm³/mol. The van der Waals surface area contributed by atoms with Crippen LogP contribution in [0.4, 0.5) is 0 Å². The second-order valence-corrected chi connectivity index (χ2v) is 3.72. The van der Waals surface area contributed by atoms with Gasteiger partial charge in [0.05, 0.1) is 17.8 Å². The van der Waals surface area contributed by atoms with Crippen molar-refractivity contribution in [1.82, 2.24) is 9.78 Å². The molecule has 0 bridgehead atoms. The van der Waals surface area contributed by atoms with Crippen LogP contribution in [0.5, 0.6) is 0 Å². The van der Waals surface area contributed by atoms with Crippen molar-refractivity contribution in [3.05, 3.63) is 28.4 Å². The number of fused-ring (bicyclic) bond motifs is 1. The van der Waals surface area contributed by atoms with E-state index in [1.54, 1.807) is 4.68 Å². The number of aliphatic hydroxyl groups excluding tert-OH is 1. The molecule has 0 radical (unpaired) electrons. The lowest BCUT2D eigenvalue weighted by Crippen LogP contribution is -1.97. The van der Waals surface area contributed by atoms with E-state index in [0.29, 0.717) is 0 Å². The molecule has 0 aliphatic rings. The Labute approximate surface area is 84.1 Å². The Morgan fingerprint density at radius 1 is 1.54 bits per heavy atom. The Morgan fingerprint density at radius 3 is 3.00 bits per heavy atom. The summed E-state index contributed by atoms with van der Waals surface area (Å²) >= 11 is 3.44. The molecule has 0 aliphatic carbocycles. The molecule has 0 amide bonds. The lowest BCUT2D eigenvalue weighted by atomic mass is 10.2. The van der Waals surface area contributed by atoms with Gasteiger partial charge in [-0.05, 0) is 12.1 Å².